The van der Waals surface area contributed by atoms with Gasteiger partial charge < -0.3 is 0 Å². The summed E-state index contributed by atoms with van der Waals surface area (Å²) in [4.78, 5) is 4.20. The van der Waals surface area contributed by atoms with Gasteiger partial charge in [-0.25, -0.2) is 0 Å². The Morgan fingerprint density at radius 1 is 1.45 bits per heavy atom. The molecule has 0 aromatic rings. The van der Waals surface area contributed by atoms with Crippen LogP contribution in [0.4, 0.5) is 0 Å². The predicted molar refractivity (Wildman–Crippen MR) is 52.2 cm³/mol. The summed E-state index contributed by atoms with van der Waals surface area (Å²) in [5, 5.41) is 0. The zero-order chi connectivity index (χ0) is 8.69. The highest BCUT2D eigenvalue weighted by Gasteiger charge is 2.02. The van der Waals surface area contributed by atoms with Crippen molar-refractivity contribution in [2.75, 3.05) is 6.54 Å². The van der Waals surface area contributed by atoms with Crippen LogP contribution in [0, 0.1) is 5.92 Å². The van der Waals surface area contributed by atoms with Crippen molar-refractivity contribution in [3.63, 3.8) is 0 Å². The minimum absolute atomic E-state index is 0.736. The fourth-order valence-corrected chi connectivity index (χ4v) is 1.10. The normalized spacial score (nSPS) is 22.9. The molecule has 0 radical (unpaired) electrons. The third-order valence-electron chi connectivity index (χ3n) is 1.55. The minimum Gasteiger partial charge on any atom is -0.293 e. The molecule has 1 heteroatoms. The van der Waals surface area contributed by atoms with E-state index >= 15 is 0 Å². The molecule has 1 atom stereocenters. The van der Waals surface area contributed by atoms with Crippen molar-refractivity contribution >= 4 is 6.21 Å². The molecule has 0 N–H and O–H groups in total. The van der Waals surface area contributed by atoms with Crippen LogP contribution in [0.3, 0.4) is 0 Å². The van der Waals surface area contributed by atoms with Crippen LogP contribution in [-0.2, 0) is 0 Å². The number of hydrogen-bond donors (Lipinski definition) is 0. The summed E-state index contributed by atoms with van der Waals surface area (Å²) in [7, 11) is 0. The lowest BCUT2D eigenvalue weighted by Gasteiger charge is -2.04. The molecule has 1 rings (SSSR count). The average molecular weight is 153 g/mol. The Balaban J connectivity index is 0.000000461. The number of hydrogen-bond acceptors (Lipinski definition) is 1. The van der Waals surface area contributed by atoms with Gasteiger partial charge >= 0.3 is 0 Å². The smallest absolute Gasteiger partial charge is 0.0417 e. The van der Waals surface area contributed by atoms with Crippen molar-refractivity contribution < 1.29 is 0 Å². The Kier molecular flexibility index (Phi) is 5.81. The lowest BCUT2D eigenvalue weighted by Crippen LogP contribution is -1.97. The largest absolute Gasteiger partial charge is 0.293 e. The molecule has 1 unspecified atom stereocenters. The molecule has 1 heterocycles. The molecule has 0 bridgehead atoms. The van der Waals surface area contributed by atoms with Crippen molar-refractivity contribution in [1.29, 1.82) is 0 Å². The molecule has 0 saturated carbocycles. The van der Waals surface area contributed by atoms with Gasteiger partial charge in [-0.2, -0.15) is 0 Å². The van der Waals surface area contributed by atoms with Crippen molar-refractivity contribution in [1.82, 2.24) is 0 Å². The lowest BCUT2D eigenvalue weighted by atomic mass is 10.0. The van der Waals surface area contributed by atoms with E-state index in [1.54, 1.807) is 0 Å². The van der Waals surface area contributed by atoms with Gasteiger partial charge in [-0.1, -0.05) is 26.3 Å². The molecule has 64 valence electrons. The second-order valence-corrected chi connectivity index (χ2v) is 2.84. The molecule has 1 nitrogen and oxygen atoms in total. The Morgan fingerprint density at radius 3 is 2.73 bits per heavy atom. The first kappa shape index (κ1) is 10.4. The third kappa shape index (κ3) is 4.77. The van der Waals surface area contributed by atoms with Crippen LogP contribution in [0.1, 0.15) is 34.1 Å². The summed E-state index contributed by atoms with van der Waals surface area (Å²) in [5.74, 6) is 0.736. The molecular formula is C10H19N. The molecule has 1 aliphatic rings. The zero-order valence-electron chi connectivity index (χ0n) is 8.09. The molecule has 0 saturated heterocycles. The molecule has 0 aromatic carbocycles. The van der Waals surface area contributed by atoms with Crippen LogP contribution in [0.5, 0.6) is 0 Å². The van der Waals surface area contributed by atoms with E-state index in [4.69, 9.17) is 0 Å². The first-order valence-corrected chi connectivity index (χ1v) is 4.44. The van der Waals surface area contributed by atoms with E-state index in [0.29, 0.717) is 0 Å². The molecule has 0 fully saturated rings. The topological polar surface area (TPSA) is 12.4 Å². The van der Waals surface area contributed by atoms with Crippen LogP contribution in [0.25, 0.3) is 0 Å². The highest BCUT2D eigenvalue weighted by atomic mass is 14.7. The first-order chi connectivity index (χ1) is 5.29. The summed E-state index contributed by atoms with van der Waals surface area (Å²) in [5.41, 5.74) is 1.45. The summed E-state index contributed by atoms with van der Waals surface area (Å²) < 4.78 is 0. The molecule has 0 amide bonds. The van der Waals surface area contributed by atoms with Gasteiger partial charge in [0, 0.05) is 12.8 Å². The minimum atomic E-state index is 0.736. The summed E-state index contributed by atoms with van der Waals surface area (Å²) in [6, 6.07) is 0. The summed E-state index contributed by atoms with van der Waals surface area (Å²) in [6.07, 6.45) is 5.22. The molecule has 11 heavy (non-hydrogen) atoms. The van der Waals surface area contributed by atoms with Crippen molar-refractivity contribution in [3.8, 4) is 0 Å². The van der Waals surface area contributed by atoms with Gasteiger partial charge in [-0.3, -0.25) is 4.99 Å². The van der Waals surface area contributed by atoms with Crippen LogP contribution >= 0.6 is 0 Å². The highest BCUT2D eigenvalue weighted by molar-refractivity contribution is 5.72. The standard InChI is InChI=1S/C8H13N.C2H6/c1-7-3-4-9-6-8(2)5-7;1-2/h3-4,8H,5-6H2,1-2H3;1-2H3. The van der Waals surface area contributed by atoms with Crippen molar-refractivity contribution in [2.45, 2.75) is 34.1 Å². The SMILES string of the molecule is CC.CC1=CC=NCC(C)C1. The number of nitrogens with zero attached hydrogens (tertiary/aromatic N) is 1. The van der Waals surface area contributed by atoms with Gasteiger partial charge in [-0.15, -0.1) is 0 Å². The summed E-state index contributed by atoms with van der Waals surface area (Å²) >= 11 is 0. The van der Waals surface area contributed by atoms with Crippen molar-refractivity contribution in [2.24, 2.45) is 10.9 Å². The Bertz CT molecular complexity index is 145. The molecule has 1 aliphatic heterocycles. The van der Waals surface area contributed by atoms with Crippen LogP contribution in [0.15, 0.2) is 16.6 Å². The average Bonchev–Trinajstić information content (AvgIpc) is 2.18. The van der Waals surface area contributed by atoms with E-state index in [0.717, 1.165) is 12.5 Å². The molecule has 0 aliphatic carbocycles. The second kappa shape index (κ2) is 6.14. The first-order valence-electron chi connectivity index (χ1n) is 4.44. The lowest BCUT2D eigenvalue weighted by molar-refractivity contribution is 0.596. The fourth-order valence-electron chi connectivity index (χ4n) is 1.10. The van der Waals surface area contributed by atoms with Crippen molar-refractivity contribution in [3.05, 3.63) is 11.6 Å². The Morgan fingerprint density at radius 2 is 2.09 bits per heavy atom. The van der Waals surface area contributed by atoms with E-state index in [2.05, 4.69) is 24.9 Å². The monoisotopic (exact) mass is 153 g/mol. The zero-order valence-corrected chi connectivity index (χ0v) is 8.09. The van der Waals surface area contributed by atoms with Crippen LogP contribution < -0.4 is 0 Å². The number of rotatable bonds is 0. The van der Waals surface area contributed by atoms with E-state index in [9.17, 15) is 0 Å². The van der Waals surface area contributed by atoms with Gasteiger partial charge in [0.1, 0.15) is 0 Å². The maximum absolute atomic E-state index is 4.20. The maximum Gasteiger partial charge on any atom is 0.0417 e. The maximum atomic E-state index is 4.20. The Hall–Kier alpha value is -0.590. The highest BCUT2D eigenvalue weighted by Crippen LogP contribution is 2.12. The van der Waals surface area contributed by atoms with Gasteiger partial charge in [0.15, 0.2) is 0 Å². The predicted octanol–water partition coefficient (Wildman–Crippen LogP) is 3.07. The van der Waals surface area contributed by atoms with Crippen LogP contribution in [0.2, 0.25) is 0 Å². The number of aliphatic imine (C=N–C) groups is 1. The Labute approximate surface area is 70.2 Å². The molecule has 0 spiro atoms. The quantitative estimate of drug-likeness (QED) is 0.507. The van der Waals surface area contributed by atoms with Gasteiger partial charge in [0.25, 0.3) is 0 Å². The van der Waals surface area contributed by atoms with Gasteiger partial charge in [0.2, 0.25) is 0 Å². The second-order valence-electron chi connectivity index (χ2n) is 2.84. The van der Waals surface area contributed by atoms with Crippen LogP contribution in [-0.4, -0.2) is 12.8 Å². The van der Waals surface area contributed by atoms with E-state index in [1.165, 1.54) is 12.0 Å². The van der Waals surface area contributed by atoms with E-state index in [-0.39, 0.29) is 0 Å². The number of allylic oxidation sites excluding steroid dienone is 2. The molecule has 0 aromatic heterocycles. The fraction of sp³-hybridized carbons (Fsp3) is 0.700. The van der Waals surface area contributed by atoms with E-state index < -0.39 is 0 Å². The summed E-state index contributed by atoms with van der Waals surface area (Å²) in [6.45, 7) is 9.39. The van der Waals surface area contributed by atoms with Gasteiger partial charge in [-0.05, 0) is 25.3 Å². The molecular weight excluding hydrogens is 134 g/mol. The third-order valence-corrected chi connectivity index (χ3v) is 1.55. The van der Waals surface area contributed by atoms with Gasteiger partial charge in [0.05, 0.1) is 0 Å². The van der Waals surface area contributed by atoms with E-state index in [1.807, 2.05) is 20.1 Å².